The van der Waals surface area contributed by atoms with Crippen LogP contribution in [0.2, 0.25) is 5.02 Å². The molecule has 1 aromatic heterocycles. The second-order valence-electron chi connectivity index (χ2n) is 6.21. The normalized spacial score (nSPS) is 11.2. The topological polar surface area (TPSA) is 105 Å². The van der Waals surface area contributed by atoms with Crippen LogP contribution in [0, 0.1) is 17.0 Å². The lowest BCUT2D eigenvalue weighted by Crippen LogP contribution is -2.40. The van der Waals surface area contributed by atoms with Crippen molar-refractivity contribution < 1.29 is 4.92 Å². The summed E-state index contributed by atoms with van der Waals surface area (Å²) in [5.74, 6) is 0.158. The summed E-state index contributed by atoms with van der Waals surface area (Å²) >= 11 is 6.08. The molecule has 2 aromatic rings. The SMILES string of the molecule is Cc1c(Cl)cccc1Nc1ncnc(NNC(C)(C)C)c1[N+](=O)[O-]. The molecule has 3 N–H and O–H groups in total. The second kappa shape index (κ2) is 6.98. The number of aromatic nitrogens is 2. The number of hydrogen-bond acceptors (Lipinski definition) is 7. The number of anilines is 3. The van der Waals surface area contributed by atoms with Gasteiger partial charge in [-0.1, -0.05) is 17.7 Å². The van der Waals surface area contributed by atoms with E-state index in [-0.39, 0.29) is 22.9 Å². The van der Waals surface area contributed by atoms with Gasteiger partial charge in [0.25, 0.3) is 0 Å². The summed E-state index contributed by atoms with van der Waals surface area (Å²) in [6, 6.07) is 5.27. The molecule has 1 aromatic carbocycles. The number of nitrogens with one attached hydrogen (secondary N) is 3. The van der Waals surface area contributed by atoms with E-state index in [1.54, 1.807) is 18.2 Å². The van der Waals surface area contributed by atoms with Crippen molar-refractivity contribution in [1.82, 2.24) is 15.4 Å². The first-order valence-electron chi connectivity index (χ1n) is 7.24. The first-order valence-corrected chi connectivity index (χ1v) is 7.61. The minimum atomic E-state index is -0.533. The Balaban J connectivity index is 2.39. The molecular weight excluding hydrogens is 332 g/mol. The van der Waals surface area contributed by atoms with Crippen LogP contribution in [0.1, 0.15) is 26.3 Å². The predicted molar refractivity (Wildman–Crippen MR) is 94.7 cm³/mol. The fraction of sp³-hybridized carbons (Fsp3) is 0.333. The summed E-state index contributed by atoms with van der Waals surface area (Å²) in [4.78, 5) is 18.9. The second-order valence-corrected chi connectivity index (χ2v) is 6.62. The third-order valence-corrected chi connectivity index (χ3v) is 3.49. The van der Waals surface area contributed by atoms with Crippen LogP contribution in [-0.2, 0) is 0 Å². The van der Waals surface area contributed by atoms with E-state index in [0.29, 0.717) is 10.7 Å². The average molecular weight is 351 g/mol. The van der Waals surface area contributed by atoms with E-state index < -0.39 is 4.92 Å². The molecular formula is C15H19ClN6O2. The maximum Gasteiger partial charge on any atom is 0.354 e. The van der Waals surface area contributed by atoms with Gasteiger partial charge in [0, 0.05) is 16.2 Å². The summed E-state index contributed by atoms with van der Waals surface area (Å²) in [5.41, 5.74) is 6.59. The number of halogens is 1. The minimum Gasteiger partial charge on any atom is -0.334 e. The van der Waals surface area contributed by atoms with Gasteiger partial charge in [-0.05, 0) is 45.4 Å². The maximum atomic E-state index is 11.5. The monoisotopic (exact) mass is 350 g/mol. The lowest BCUT2D eigenvalue weighted by atomic mass is 10.1. The van der Waals surface area contributed by atoms with Crippen molar-refractivity contribution in [2.75, 3.05) is 10.7 Å². The molecule has 0 aliphatic heterocycles. The van der Waals surface area contributed by atoms with Crippen molar-refractivity contribution in [3.63, 3.8) is 0 Å². The lowest BCUT2D eigenvalue weighted by molar-refractivity contribution is -0.383. The highest BCUT2D eigenvalue weighted by molar-refractivity contribution is 6.31. The molecule has 0 saturated carbocycles. The van der Waals surface area contributed by atoms with Gasteiger partial charge in [0.05, 0.1) is 4.92 Å². The van der Waals surface area contributed by atoms with Crippen LogP contribution in [0.5, 0.6) is 0 Å². The van der Waals surface area contributed by atoms with Crippen LogP contribution < -0.4 is 16.2 Å². The highest BCUT2D eigenvalue weighted by Crippen LogP contribution is 2.33. The smallest absolute Gasteiger partial charge is 0.334 e. The summed E-state index contributed by atoms with van der Waals surface area (Å²) in [7, 11) is 0. The van der Waals surface area contributed by atoms with E-state index in [4.69, 9.17) is 11.6 Å². The van der Waals surface area contributed by atoms with E-state index in [1.165, 1.54) is 6.33 Å². The van der Waals surface area contributed by atoms with Gasteiger partial charge >= 0.3 is 5.69 Å². The van der Waals surface area contributed by atoms with E-state index in [9.17, 15) is 10.1 Å². The number of nitrogens with zero attached hydrogens (tertiary/aromatic N) is 3. The molecule has 0 saturated heterocycles. The highest BCUT2D eigenvalue weighted by atomic mass is 35.5. The Kier molecular flexibility index (Phi) is 5.20. The number of hydrazine groups is 1. The van der Waals surface area contributed by atoms with Crippen LogP contribution >= 0.6 is 11.6 Å². The van der Waals surface area contributed by atoms with Gasteiger partial charge in [-0.25, -0.2) is 15.4 Å². The fourth-order valence-electron chi connectivity index (χ4n) is 1.85. The molecule has 1 heterocycles. The molecule has 2 rings (SSSR count). The van der Waals surface area contributed by atoms with Crippen molar-refractivity contribution >= 4 is 34.6 Å². The molecule has 0 fully saturated rings. The zero-order valence-corrected chi connectivity index (χ0v) is 14.6. The maximum absolute atomic E-state index is 11.5. The van der Waals surface area contributed by atoms with E-state index in [0.717, 1.165) is 5.56 Å². The van der Waals surface area contributed by atoms with Gasteiger partial charge in [0.15, 0.2) is 0 Å². The number of rotatable bonds is 5. The van der Waals surface area contributed by atoms with E-state index in [2.05, 4.69) is 26.1 Å². The van der Waals surface area contributed by atoms with E-state index >= 15 is 0 Å². The van der Waals surface area contributed by atoms with Gasteiger partial charge in [0.1, 0.15) is 6.33 Å². The van der Waals surface area contributed by atoms with Crippen LogP contribution in [0.3, 0.4) is 0 Å². The Morgan fingerprint density at radius 1 is 1.21 bits per heavy atom. The van der Waals surface area contributed by atoms with Gasteiger partial charge < -0.3 is 5.32 Å². The molecule has 0 unspecified atom stereocenters. The van der Waals surface area contributed by atoms with Crippen LogP contribution in [0.15, 0.2) is 24.5 Å². The minimum absolute atomic E-state index is 0.0760. The molecule has 0 radical (unpaired) electrons. The standard InChI is InChI=1S/C15H19ClN6O2/c1-9-10(16)6-5-7-11(9)19-13-12(22(23)24)14(18-8-17-13)20-21-15(2,3)4/h5-8,21H,1-4H3,(H2,17,18,19,20). The summed E-state index contributed by atoms with van der Waals surface area (Å²) in [6.45, 7) is 7.57. The molecule has 128 valence electrons. The van der Waals surface area contributed by atoms with Crippen LogP contribution in [-0.4, -0.2) is 20.4 Å². The lowest BCUT2D eigenvalue weighted by Gasteiger charge is -2.21. The Morgan fingerprint density at radius 2 is 1.88 bits per heavy atom. The Labute approximate surface area is 144 Å². The van der Waals surface area contributed by atoms with Crippen molar-refractivity contribution in [2.24, 2.45) is 0 Å². The van der Waals surface area contributed by atoms with Gasteiger partial charge in [-0.2, -0.15) is 0 Å². The fourth-order valence-corrected chi connectivity index (χ4v) is 2.03. The first kappa shape index (κ1) is 17.9. The highest BCUT2D eigenvalue weighted by Gasteiger charge is 2.24. The number of hydrogen-bond donors (Lipinski definition) is 3. The Bertz CT molecular complexity index is 760. The zero-order chi connectivity index (χ0) is 17.9. The largest absolute Gasteiger partial charge is 0.354 e. The molecule has 0 spiro atoms. The zero-order valence-electron chi connectivity index (χ0n) is 13.8. The van der Waals surface area contributed by atoms with E-state index in [1.807, 2.05) is 27.7 Å². The van der Waals surface area contributed by atoms with Gasteiger partial charge in [0.2, 0.25) is 11.6 Å². The molecule has 8 nitrogen and oxygen atoms in total. The van der Waals surface area contributed by atoms with Gasteiger partial charge in [-0.3, -0.25) is 15.5 Å². The molecule has 0 atom stereocenters. The average Bonchev–Trinajstić information content (AvgIpc) is 2.49. The molecule has 0 bridgehead atoms. The Morgan fingerprint density at radius 3 is 2.50 bits per heavy atom. The predicted octanol–water partition coefficient (Wildman–Crippen LogP) is 3.81. The van der Waals surface area contributed by atoms with Crippen molar-refractivity contribution in [2.45, 2.75) is 33.2 Å². The quantitative estimate of drug-likeness (QED) is 0.556. The number of nitro groups is 1. The third-order valence-electron chi connectivity index (χ3n) is 3.08. The van der Waals surface area contributed by atoms with Crippen molar-refractivity contribution in [3.05, 3.63) is 45.2 Å². The summed E-state index contributed by atoms with van der Waals surface area (Å²) < 4.78 is 0. The summed E-state index contributed by atoms with van der Waals surface area (Å²) in [6.07, 6.45) is 1.25. The molecule has 24 heavy (non-hydrogen) atoms. The Hall–Kier alpha value is -2.45. The van der Waals surface area contributed by atoms with Crippen LogP contribution in [0.25, 0.3) is 0 Å². The van der Waals surface area contributed by atoms with Crippen molar-refractivity contribution in [1.29, 1.82) is 0 Å². The van der Waals surface area contributed by atoms with Crippen molar-refractivity contribution in [3.8, 4) is 0 Å². The molecule has 0 aliphatic rings. The van der Waals surface area contributed by atoms with Gasteiger partial charge in [-0.15, -0.1) is 0 Å². The molecule has 0 aliphatic carbocycles. The molecule has 0 amide bonds. The molecule has 9 heteroatoms. The van der Waals surface area contributed by atoms with Crippen LogP contribution in [0.4, 0.5) is 23.0 Å². The summed E-state index contributed by atoms with van der Waals surface area (Å²) in [5, 5.41) is 15.0. The third kappa shape index (κ3) is 4.30. The number of benzene rings is 1. The first-order chi connectivity index (χ1) is 11.2.